The third-order valence-corrected chi connectivity index (χ3v) is 10.9. The summed E-state index contributed by atoms with van der Waals surface area (Å²) < 4.78 is 4.46. The van der Waals surface area contributed by atoms with Crippen LogP contribution in [0.2, 0.25) is 0 Å². The van der Waals surface area contributed by atoms with Crippen LogP contribution in [-0.2, 0) is 13.1 Å². The maximum Gasteiger partial charge on any atom is 0.144 e. The van der Waals surface area contributed by atoms with Gasteiger partial charge in [-0.25, -0.2) is 0 Å². The van der Waals surface area contributed by atoms with E-state index in [-0.39, 0.29) is 11.5 Å². The lowest BCUT2D eigenvalue weighted by molar-refractivity contribution is 0.221. The first-order valence-electron chi connectivity index (χ1n) is 18.9. The highest BCUT2D eigenvalue weighted by molar-refractivity contribution is 6.11. The van der Waals surface area contributed by atoms with E-state index in [1.54, 1.807) is 0 Å². The third-order valence-electron chi connectivity index (χ3n) is 10.9. The summed E-state index contributed by atoms with van der Waals surface area (Å²) in [5.74, 6) is 0.560. The minimum absolute atomic E-state index is 0.280. The Kier molecular flexibility index (Phi) is 8.99. The monoisotopic (exact) mass is 714 g/mol. The first-order valence-corrected chi connectivity index (χ1v) is 18.9. The number of phenolic OH excluding ortho intramolecular Hbond substituents is 2. The van der Waals surface area contributed by atoms with Crippen LogP contribution < -0.4 is 0 Å². The highest BCUT2D eigenvalue weighted by Crippen LogP contribution is 2.40. The fourth-order valence-corrected chi connectivity index (χ4v) is 8.28. The van der Waals surface area contributed by atoms with Gasteiger partial charge in [-0.15, -0.1) is 0 Å². The lowest BCUT2D eigenvalue weighted by Crippen LogP contribution is -2.31. The summed E-state index contributed by atoms with van der Waals surface area (Å²) in [6, 6.07) is 34.7. The number of hydrogen-bond acceptors (Lipinski definition) is 4. The van der Waals surface area contributed by atoms with Crippen molar-refractivity contribution < 1.29 is 10.2 Å². The number of aromatic nitrogens is 2. The molecule has 0 atom stereocenters. The van der Waals surface area contributed by atoms with Crippen molar-refractivity contribution in [3.05, 3.63) is 142 Å². The topological polar surface area (TPSA) is 56.8 Å². The van der Waals surface area contributed by atoms with E-state index in [2.05, 4.69) is 172 Å². The van der Waals surface area contributed by atoms with E-state index in [1.165, 1.54) is 43.8 Å². The number of benzene rings is 6. The summed E-state index contributed by atoms with van der Waals surface area (Å²) in [5, 5.41) is 29.2. The van der Waals surface area contributed by atoms with Crippen LogP contribution in [0.1, 0.15) is 44.5 Å². The van der Waals surface area contributed by atoms with Crippen molar-refractivity contribution in [3.63, 3.8) is 0 Å². The summed E-state index contributed by atoms with van der Waals surface area (Å²) in [7, 11) is 4.17. The van der Waals surface area contributed by atoms with Crippen molar-refractivity contribution in [2.75, 3.05) is 27.2 Å². The van der Waals surface area contributed by atoms with E-state index < -0.39 is 0 Å². The molecule has 0 aliphatic heterocycles. The number of nitrogens with zero attached hydrogens (tertiary/aromatic N) is 4. The van der Waals surface area contributed by atoms with Crippen molar-refractivity contribution in [1.29, 1.82) is 0 Å². The Labute approximate surface area is 318 Å². The van der Waals surface area contributed by atoms with Crippen LogP contribution in [0.5, 0.6) is 11.5 Å². The van der Waals surface area contributed by atoms with Crippen LogP contribution in [0.3, 0.4) is 0 Å². The van der Waals surface area contributed by atoms with Crippen molar-refractivity contribution in [2.45, 2.75) is 54.6 Å². The average Bonchev–Trinajstić information content (AvgIpc) is 3.60. The first kappa shape index (κ1) is 35.5. The van der Waals surface area contributed by atoms with Gasteiger partial charge in [-0.05, 0) is 125 Å². The van der Waals surface area contributed by atoms with Gasteiger partial charge in [-0.3, -0.25) is 4.90 Å². The van der Waals surface area contributed by atoms with E-state index in [0.29, 0.717) is 13.1 Å². The van der Waals surface area contributed by atoms with Gasteiger partial charge in [-0.1, -0.05) is 60.7 Å². The van der Waals surface area contributed by atoms with Crippen molar-refractivity contribution in [3.8, 4) is 22.9 Å². The van der Waals surface area contributed by atoms with Gasteiger partial charge >= 0.3 is 0 Å². The molecule has 2 aromatic heterocycles. The van der Waals surface area contributed by atoms with E-state index in [4.69, 9.17) is 0 Å². The molecule has 2 heterocycles. The van der Waals surface area contributed by atoms with Gasteiger partial charge in [0.25, 0.3) is 0 Å². The molecule has 0 aliphatic rings. The van der Waals surface area contributed by atoms with Gasteiger partial charge < -0.3 is 24.2 Å². The van der Waals surface area contributed by atoms with Gasteiger partial charge in [0.05, 0.1) is 33.4 Å². The SMILES string of the molecule is Cc1cc(CN(CCN(C)C)Cc2cc(C)cc(-n3c4cc(C)ccc4c4ccc(C)cc43)c2O)c(O)c(-n2c3cc(C)ccc3c3ccc(C)cc32)c1. The molecule has 0 radical (unpaired) electrons. The standard InChI is InChI=1S/C48H50N4O2/c1-29-9-13-37-38-14-10-30(2)22-42(38)51(41(37)21-29)45-25-33(5)19-35(47(45)53)27-50(18-17-49(7)8)28-36-20-34(6)26-46(48(36)54)52-43-23-31(3)11-15-39(43)40-16-12-32(4)24-44(40)52/h9-16,19-26,53-54H,17-18,27-28H2,1-8H3. The average molecular weight is 715 g/mol. The van der Waals surface area contributed by atoms with Crippen molar-refractivity contribution in [2.24, 2.45) is 0 Å². The van der Waals surface area contributed by atoms with E-state index in [1.807, 2.05) is 0 Å². The van der Waals surface area contributed by atoms with Crippen molar-refractivity contribution in [1.82, 2.24) is 18.9 Å². The molecule has 6 aromatic carbocycles. The summed E-state index contributed by atoms with van der Waals surface area (Å²) in [6.45, 7) is 15.3. The van der Waals surface area contributed by atoms with Crippen LogP contribution in [0.25, 0.3) is 55.0 Å². The molecule has 8 aromatic rings. The molecule has 0 unspecified atom stereocenters. The maximum absolute atomic E-state index is 12.2. The zero-order chi connectivity index (χ0) is 38.0. The number of aryl methyl sites for hydroxylation is 6. The summed E-state index contributed by atoms with van der Waals surface area (Å²) in [4.78, 5) is 4.53. The molecule has 6 nitrogen and oxygen atoms in total. The van der Waals surface area contributed by atoms with Gasteiger partial charge in [0.1, 0.15) is 11.5 Å². The molecule has 0 bridgehead atoms. The first-order chi connectivity index (χ1) is 25.9. The second-order valence-corrected chi connectivity index (χ2v) is 15.9. The molecule has 54 heavy (non-hydrogen) atoms. The fourth-order valence-electron chi connectivity index (χ4n) is 8.28. The quantitative estimate of drug-likeness (QED) is 0.156. The third kappa shape index (κ3) is 6.29. The Morgan fingerprint density at radius 2 is 0.759 bits per heavy atom. The Hall–Kier alpha value is -5.56. The van der Waals surface area contributed by atoms with Crippen LogP contribution in [0.15, 0.2) is 97.1 Å². The number of fused-ring (bicyclic) bond motifs is 6. The van der Waals surface area contributed by atoms with Crippen LogP contribution >= 0.6 is 0 Å². The smallest absolute Gasteiger partial charge is 0.144 e. The molecule has 8 rings (SSSR count). The molecular weight excluding hydrogens is 665 g/mol. The molecule has 6 heteroatoms. The number of rotatable bonds is 9. The zero-order valence-electron chi connectivity index (χ0n) is 32.7. The Morgan fingerprint density at radius 1 is 0.426 bits per heavy atom. The number of aromatic hydroxyl groups is 2. The van der Waals surface area contributed by atoms with E-state index in [9.17, 15) is 10.2 Å². The molecular formula is C48H50N4O2. The summed E-state index contributed by atoms with van der Waals surface area (Å²) in [6.07, 6.45) is 0. The van der Waals surface area contributed by atoms with Gasteiger partial charge in [0.15, 0.2) is 0 Å². The second-order valence-electron chi connectivity index (χ2n) is 15.9. The summed E-state index contributed by atoms with van der Waals surface area (Å²) in [5.41, 5.74) is 14.5. The fraction of sp³-hybridized carbons (Fsp3) is 0.250. The van der Waals surface area contributed by atoms with Crippen LogP contribution in [-0.4, -0.2) is 56.3 Å². The number of hydrogen-bond donors (Lipinski definition) is 2. The molecule has 0 saturated heterocycles. The summed E-state index contributed by atoms with van der Waals surface area (Å²) >= 11 is 0. The largest absolute Gasteiger partial charge is 0.505 e. The molecule has 0 aliphatic carbocycles. The minimum atomic E-state index is 0.280. The lowest BCUT2D eigenvalue weighted by atomic mass is 10.0. The number of likely N-dealkylation sites (N-methyl/N-ethyl adjacent to an activating group) is 1. The zero-order valence-corrected chi connectivity index (χ0v) is 32.7. The Bertz CT molecular complexity index is 2450. The highest BCUT2D eigenvalue weighted by Gasteiger charge is 2.22. The highest BCUT2D eigenvalue weighted by atomic mass is 16.3. The molecule has 0 fully saturated rings. The molecule has 0 saturated carbocycles. The minimum Gasteiger partial charge on any atom is -0.505 e. The predicted molar refractivity (Wildman–Crippen MR) is 226 cm³/mol. The van der Waals surface area contributed by atoms with E-state index in [0.717, 1.165) is 68.8 Å². The Morgan fingerprint density at radius 3 is 1.07 bits per heavy atom. The number of phenols is 2. The second kappa shape index (κ2) is 13.7. The molecule has 0 spiro atoms. The van der Waals surface area contributed by atoms with E-state index >= 15 is 0 Å². The lowest BCUT2D eigenvalue weighted by Gasteiger charge is -2.26. The van der Waals surface area contributed by atoms with Gasteiger partial charge in [-0.2, -0.15) is 0 Å². The van der Waals surface area contributed by atoms with Gasteiger partial charge in [0.2, 0.25) is 0 Å². The maximum atomic E-state index is 12.2. The molecule has 274 valence electrons. The van der Waals surface area contributed by atoms with Crippen molar-refractivity contribution >= 4 is 43.6 Å². The van der Waals surface area contributed by atoms with Crippen LogP contribution in [0.4, 0.5) is 0 Å². The normalized spacial score (nSPS) is 12.1. The Balaban J connectivity index is 1.24. The van der Waals surface area contributed by atoms with Crippen LogP contribution in [0, 0.1) is 41.5 Å². The predicted octanol–water partition coefficient (Wildman–Crippen LogP) is 10.7. The molecule has 2 N–H and O–H groups in total. The molecule has 0 amide bonds. The van der Waals surface area contributed by atoms with Gasteiger partial charge in [0, 0.05) is 58.9 Å².